The van der Waals surface area contributed by atoms with E-state index in [2.05, 4.69) is 104 Å². The third-order valence-corrected chi connectivity index (χ3v) is 10.5. The Hall–Kier alpha value is -1.07. The van der Waals surface area contributed by atoms with Crippen LogP contribution in [0.15, 0.2) is 12.3 Å². The van der Waals surface area contributed by atoms with Crippen LogP contribution in [0.4, 0.5) is 0 Å². The summed E-state index contributed by atoms with van der Waals surface area (Å²) in [6.45, 7) is 38.7. The summed E-state index contributed by atoms with van der Waals surface area (Å²) < 4.78 is 0. The molecule has 1 amide bonds. The van der Waals surface area contributed by atoms with Crippen molar-refractivity contribution in [3.8, 4) is 0 Å². The van der Waals surface area contributed by atoms with E-state index in [9.17, 15) is 4.79 Å². The van der Waals surface area contributed by atoms with Crippen LogP contribution in [0.25, 0.3) is 0 Å². The summed E-state index contributed by atoms with van der Waals surface area (Å²) in [6, 6.07) is 0. The fourth-order valence-corrected chi connectivity index (χ4v) is 7.41. The van der Waals surface area contributed by atoms with Crippen LogP contribution in [0, 0.1) is 0 Å². The van der Waals surface area contributed by atoms with Crippen molar-refractivity contribution in [2.45, 2.75) is 221 Å². The Morgan fingerprint density at radius 2 is 0.667 bits per heavy atom. The van der Waals surface area contributed by atoms with Crippen molar-refractivity contribution in [3.63, 3.8) is 0 Å². The van der Waals surface area contributed by atoms with E-state index in [1.807, 2.05) is 4.90 Å². The predicted molar refractivity (Wildman–Crippen MR) is 213 cm³/mol. The van der Waals surface area contributed by atoms with Gasteiger partial charge in [-0.3, -0.25) is 14.6 Å². The molecule has 4 fully saturated rings. The molecule has 0 unspecified atom stereocenters. The highest BCUT2D eigenvalue weighted by Crippen LogP contribution is 2.26. The van der Waals surface area contributed by atoms with Crippen LogP contribution < -0.4 is 0 Å². The highest BCUT2D eigenvalue weighted by Gasteiger charge is 2.27. The van der Waals surface area contributed by atoms with E-state index >= 15 is 0 Å². The molecule has 4 heterocycles. The lowest BCUT2D eigenvalue weighted by molar-refractivity contribution is -0.135. The van der Waals surface area contributed by atoms with Crippen LogP contribution in [0.5, 0.6) is 0 Å². The molecule has 5 heteroatoms. The van der Waals surface area contributed by atoms with Gasteiger partial charge in [-0.1, -0.05) is 57.9 Å². The van der Waals surface area contributed by atoms with Crippen LogP contribution in [-0.4, -0.2) is 86.9 Å². The van der Waals surface area contributed by atoms with Gasteiger partial charge in [-0.2, -0.15) is 0 Å². The molecule has 5 nitrogen and oxygen atoms in total. The molecule has 0 aliphatic carbocycles. The normalized spacial score (nSPS) is 22.1. The second kappa shape index (κ2) is 22.0. The third-order valence-electron chi connectivity index (χ3n) is 10.5. The maximum absolute atomic E-state index is 11.6. The van der Waals surface area contributed by atoms with Gasteiger partial charge < -0.3 is 9.80 Å². The van der Waals surface area contributed by atoms with Crippen molar-refractivity contribution in [1.29, 1.82) is 0 Å². The van der Waals surface area contributed by atoms with Crippen molar-refractivity contribution < 1.29 is 4.79 Å². The summed E-state index contributed by atoms with van der Waals surface area (Å²) in [7, 11) is 0. The first-order valence-corrected chi connectivity index (χ1v) is 20.5. The molecular formula is C43H86N4O. The number of amides is 1. The van der Waals surface area contributed by atoms with Gasteiger partial charge in [0.25, 0.3) is 0 Å². The molecule has 0 saturated carbocycles. The minimum absolute atomic E-state index is 0.0153. The Labute approximate surface area is 302 Å². The lowest BCUT2D eigenvalue weighted by Crippen LogP contribution is -2.45. The molecule has 0 bridgehead atoms. The summed E-state index contributed by atoms with van der Waals surface area (Å²) in [5.74, 6) is 0.333. The Balaban J connectivity index is 0.000000320. The van der Waals surface area contributed by atoms with Gasteiger partial charge in [0.05, 0.1) is 0 Å². The zero-order chi connectivity index (χ0) is 36.4. The van der Waals surface area contributed by atoms with E-state index in [1.165, 1.54) is 141 Å². The second-order valence-corrected chi connectivity index (χ2v) is 19.1. The lowest BCUT2D eigenvalue weighted by atomic mass is 9.99. The minimum Gasteiger partial charge on any atom is -0.370 e. The van der Waals surface area contributed by atoms with E-state index in [4.69, 9.17) is 0 Å². The fraction of sp³-hybridized carbons (Fsp3) is 0.930. The van der Waals surface area contributed by atoms with Gasteiger partial charge in [0.15, 0.2) is 0 Å². The summed E-state index contributed by atoms with van der Waals surface area (Å²) in [5, 5.41) is 0. The maximum Gasteiger partial charge on any atom is 0.222 e. The van der Waals surface area contributed by atoms with Crippen LogP contribution >= 0.6 is 0 Å². The van der Waals surface area contributed by atoms with Gasteiger partial charge in [0, 0.05) is 47.4 Å². The molecule has 0 aromatic heterocycles. The van der Waals surface area contributed by atoms with Crippen LogP contribution in [0.1, 0.15) is 199 Å². The van der Waals surface area contributed by atoms with E-state index in [0.29, 0.717) is 17.0 Å². The Kier molecular flexibility index (Phi) is 20.6. The Morgan fingerprint density at radius 3 is 1.04 bits per heavy atom. The molecule has 0 aromatic rings. The first kappa shape index (κ1) is 45.0. The van der Waals surface area contributed by atoms with Crippen molar-refractivity contribution >= 4 is 5.91 Å². The summed E-state index contributed by atoms with van der Waals surface area (Å²) >= 11 is 0. The SMILES string of the molecule is C=C1CCCCCCN1C(C)(C)C.CC(C)(C)N1CCCCCC1.CC(C)(C)N1CCCCCC1=O.CC(C)(C)N1CCCCCCC1. The highest BCUT2D eigenvalue weighted by atomic mass is 16.2. The molecule has 0 N–H and O–H groups in total. The van der Waals surface area contributed by atoms with E-state index in [-0.39, 0.29) is 11.1 Å². The van der Waals surface area contributed by atoms with Gasteiger partial charge in [-0.25, -0.2) is 0 Å². The quantitative estimate of drug-likeness (QED) is 0.256. The summed E-state index contributed by atoms with van der Waals surface area (Å²) in [5.41, 5.74) is 2.39. The monoisotopic (exact) mass is 675 g/mol. The molecule has 0 spiro atoms. The number of allylic oxidation sites excluding steroid dienone is 1. The third kappa shape index (κ3) is 19.4. The van der Waals surface area contributed by atoms with Crippen LogP contribution in [0.2, 0.25) is 0 Å². The molecule has 0 radical (unpaired) electrons. The molecule has 48 heavy (non-hydrogen) atoms. The fourth-order valence-electron chi connectivity index (χ4n) is 7.41. The van der Waals surface area contributed by atoms with E-state index in [0.717, 1.165) is 19.4 Å². The molecule has 0 atom stereocenters. The molecule has 0 aromatic carbocycles. The lowest BCUT2D eigenvalue weighted by Gasteiger charge is -2.40. The topological polar surface area (TPSA) is 30.0 Å². The van der Waals surface area contributed by atoms with Gasteiger partial charge in [-0.15, -0.1) is 0 Å². The van der Waals surface area contributed by atoms with Crippen molar-refractivity contribution in [2.24, 2.45) is 0 Å². The number of nitrogens with zero attached hydrogens (tertiary/aromatic N) is 4. The smallest absolute Gasteiger partial charge is 0.222 e. The van der Waals surface area contributed by atoms with Crippen molar-refractivity contribution in [3.05, 3.63) is 12.3 Å². The number of carbonyl (C=O) groups is 1. The maximum atomic E-state index is 11.6. The zero-order valence-electron chi connectivity index (χ0n) is 34.9. The molecule has 4 saturated heterocycles. The average molecular weight is 675 g/mol. The number of carbonyl (C=O) groups excluding carboxylic acids is 1. The van der Waals surface area contributed by atoms with Crippen molar-refractivity contribution in [1.82, 2.24) is 19.6 Å². The summed E-state index contributed by atoms with van der Waals surface area (Å²) in [6.07, 6.45) is 23.6. The average Bonchev–Trinajstić information content (AvgIpc) is 3.33. The second-order valence-electron chi connectivity index (χ2n) is 19.1. The minimum atomic E-state index is 0.0153. The molecule has 4 aliphatic rings. The first-order valence-electron chi connectivity index (χ1n) is 20.5. The standard InChI is InChI=1S/C12H23N.C11H23N.C10H19NO.C10H21N/c1-11-9-7-5-6-8-10-13(11)12(2,3)4;1-11(2,3)12-9-7-5-4-6-8-10-12;1-10(2,3)11-8-6-4-5-7-9(11)12;1-10(2,3)11-8-6-4-5-7-9-11/h1,5-10H2,2-4H3;4-10H2,1-3H3;4-8H2,1-3H3;4-9H2,1-3H3. The Bertz CT molecular complexity index is 853. The van der Waals surface area contributed by atoms with Crippen molar-refractivity contribution in [2.75, 3.05) is 39.3 Å². The van der Waals surface area contributed by atoms with Crippen LogP contribution in [-0.2, 0) is 4.79 Å². The number of likely N-dealkylation sites (tertiary alicyclic amines) is 4. The largest absolute Gasteiger partial charge is 0.370 e. The summed E-state index contributed by atoms with van der Waals surface area (Å²) in [4.78, 5) is 21.3. The molecule has 284 valence electrons. The van der Waals surface area contributed by atoms with Gasteiger partial charge in [-0.05, 0) is 167 Å². The molecule has 4 rings (SSSR count). The molecular weight excluding hydrogens is 589 g/mol. The molecule has 4 aliphatic heterocycles. The zero-order valence-corrected chi connectivity index (χ0v) is 34.9. The van der Waals surface area contributed by atoms with E-state index < -0.39 is 0 Å². The van der Waals surface area contributed by atoms with E-state index in [1.54, 1.807) is 0 Å². The Morgan fingerprint density at radius 1 is 0.375 bits per heavy atom. The van der Waals surface area contributed by atoms with Crippen LogP contribution in [0.3, 0.4) is 0 Å². The van der Waals surface area contributed by atoms with Gasteiger partial charge in [0.1, 0.15) is 0 Å². The number of rotatable bonds is 0. The van der Waals surface area contributed by atoms with Gasteiger partial charge in [0.2, 0.25) is 5.91 Å². The first-order chi connectivity index (χ1) is 22.2. The highest BCUT2D eigenvalue weighted by molar-refractivity contribution is 5.77. The number of hydrogen-bond acceptors (Lipinski definition) is 4. The predicted octanol–water partition coefficient (Wildman–Crippen LogP) is 11.5. The van der Waals surface area contributed by atoms with Gasteiger partial charge >= 0.3 is 0 Å². The number of hydrogen-bond donors (Lipinski definition) is 0.